The van der Waals surface area contributed by atoms with Crippen LogP contribution in [0.5, 0.6) is 0 Å². The highest BCUT2D eigenvalue weighted by molar-refractivity contribution is 7.22. The van der Waals surface area contributed by atoms with E-state index in [9.17, 15) is 4.79 Å². The Morgan fingerprint density at radius 2 is 2.04 bits per heavy atom. The standard InChI is InChI=1S/C20H30N4OS/c1-4-23(5-2)13-10-21-19(25)16-6-7-17-18(14-16)26-20(22-17)24-11-8-15(3)9-12-24/h6-7,14-15H,4-5,8-13H2,1-3H3,(H,21,25). The first-order valence-electron chi connectivity index (χ1n) is 9.76. The molecule has 0 radical (unpaired) electrons. The topological polar surface area (TPSA) is 48.5 Å². The van der Waals surface area contributed by atoms with Crippen molar-refractivity contribution in [1.29, 1.82) is 0 Å². The zero-order valence-corrected chi connectivity index (χ0v) is 16.9. The molecule has 26 heavy (non-hydrogen) atoms. The number of amides is 1. The van der Waals surface area contributed by atoms with E-state index in [0.717, 1.165) is 59.6 Å². The van der Waals surface area contributed by atoms with Gasteiger partial charge in [0.2, 0.25) is 0 Å². The minimum Gasteiger partial charge on any atom is -0.351 e. The second-order valence-electron chi connectivity index (χ2n) is 7.13. The molecule has 0 saturated carbocycles. The Labute approximate surface area is 160 Å². The molecular weight excluding hydrogens is 344 g/mol. The first-order valence-corrected chi connectivity index (χ1v) is 10.6. The number of piperidine rings is 1. The van der Waals surface area contributed by atoms with Crippen LogP contribution in [0.1, 0.15) is 44.0 Å². The molecule has 0 atom stereocenters. The number of aromatic nitrogens is 1. The van der Waals surface area contributed by atoms with Gasteiger partial charge in [-0.05, 0) is 50.0 Å². The van der Waals surface area contributed by atoms with Gasteiger partial charge in [-0.2, -0.15) is 0 Å². The molecule has 5 nitrogen and oxygen atoms in total. The average Bonchev–Trinajstić information content (AvgIpc) is 3.09. The van der Waals surface area contributed by atoms with Crippen LogP contribution in [0.15, 0.2) is 18.2 Å². The molecular formula is C20H30N4OS. The normalized spacial score (nSPS) is 15.8. The van der Waals surface area contributed by atoms with Crippen molar-refractivity contribution in [3.63, 3.8) is 0 Å². The van der Waals surface area contributed by atoms with E-state index in [1.54, 1.807) is 11.3 Å². The number of carbonyl (C=O) groups excluding carboxylic acids is 1. The zero-order chi connectivity index (χ0) is 18.5. The van der Waals surface area contributed by atoms with Gasteiger partial charge in [0.25, 0.3) is 5.91 Å². The lowest BCUT2D eigenvalue weighted by atomic mass is 10.00. The summed E-state index contributed by atoms with van der Waals surface area (Å²) in [6.07, 6.45) is 2.46. The third-order valence-electron chi connectivity index (χ3n) is 5.30. The maximum Gasteiger partial charge on any atom is 0.251 e. The highest BCUT2D eigenvalue weighted by atomic mass is 32.1. The van der Waals surface area contributed by atoms with Gasteiger partial charge in [-0.1, -0.05) is 32.1 Å². The number of rotatable bonds is 7. The van der Waals surface area contributed by atoms with Gasteiger partial charge in [0.1, 0.15) is 0 Å². The number of thiazole rings is 1. The Morgan fingerprint density at radius 3 is 2.73 bits per heavy atom. The van der Waals surface area contributed by atoms with Gasteiger partial charge >= 0.3 is 0 Å². The fourth-order valence-corrected chi connectivity index (χ4v) is 4.41. The number of nitrogens with one attached hydrogen (secondary N) is 1. The summed E-state index contributed by atoms with van der Waals surface area (Å²) in [6, 6.07) is 5.84. The van der Waals surface area contributed by atoms with Gasteiger partial charge in [0.15, 0.2) is 5.13 Å². The minimum atomic E-state index is 0.000744. The lowest BCUT2D eigenvalue weighted by Gasteiger charge is -2.29. The Hall–Kier alpha value is -1.66. The van der Waals surface area contributed by atoms with Crippen LogP contribution in [0.2, 0.25) is 0 Å². The lowest BCUT2D eigenvalue weighted by molar-refractivity contribution is 0.0949. The quantitative estimate of drug-likeness (QED) is 0.804. The fourth-order valence-electron chi connectivity index (χ4n) is 3.36. The molecule has 2 aromatic rings. The van der Waals surface area contributed by atoms with Gasteiger partial charge in [0, 0.05) is 31.7 Å². The van der Waals surface area contributed by atoms with Crippen LogP contribution >= 0.6 is 11.3 Å². The third kappa shape index (κ3) is 4.54. The molecule has 0 unspecified atom stereocenters. The number of benzene rings is 1. The van der Waals surface area contributed by atoms with Crippen molar-refractivity contribution in [1.82, 2.24) is 15.2 Å². The molecule has 1 amide bonds. The molecule has 1 saturated heterocycles. The number of likely N-dealkylation sites (N-methyl/N-ethyl adjacent to an activating group) is 1. The van der Waals surface area contributed by atoms with Crippen molar-refractivity contribution in [2.45, 2.75) is 33.6 Å². The van der Waals surface area contributed by atoms with E-state index in [-0.39, 0.29) is 5.91 Å². The number of nitrogens with zero attached hydrogens (tertiary/aromatic N) is 3. The lowest BCUT2D eigenvalue weighted by Crippen LogP contribution is -2.34. The first-order chi connectivity index (χ1) is 12.6. The van der Waals surface area contributed by atoms with Crippen molar-refractivity contribution in [2.24, 2.45) is 5.92 Å². The molecule has 1 aliphatic rings. The smallest absolute Gasteiger partial charge is 0.251 e. The van der Waals surface area contributed by atoms with Gasteiger partial charge in [0.05, 0.1) is 10.2 Å². The van der Waals surface area contributed by atoms with Crippen LogP contribution in [-0.4, -0.2) is 55.1 Å². The zero-order valence-electron chi connectivity index (χ0n) is 16.1. The van der Waals surface area contributed by atoms with Crippen molar-refractivity contribution in [2.75, 3.05) is 44.2 Å². The molecule has 2 heterocycles. The van der Waals surface area contributed by atoms with E-state index in [1.165, 1.54) is 12.8 Å². The second-order valence-corrected chi connectivity index (χ2v) is 8.14. The summed E-state index contributed by atoms with van der Waals surface area (Å²) < 4.78 is 1.09. The van der Waals surface area contributed by atoms with Crippen molar-refractivity contribution in [3.05, 3.63) is 23.8 Å². The molecule has 142 valence electrons. The molecule has 3 rings (SSSR count). The summed E-state index contributed by atoms with van der Waals surface area (Å²) in [5, 5.41) is 4.12. The van der Waals surface area contributed by atoms with Gasteiger partial charge < -0.3 is 15.1 Å². The minimum absolute atomic E-state index is 0.000744. The molecule has 1 aliphatic heterocycles. The van der Waals surface area contributed by atoms with Gasteiger partial charge in [-0.25, -0.2) is 4.98 Å². The molecule has 1 aromatic heterocycles. The highest BCUT2D eigenvalue weighted by Gasteiger charge is 2.19. The number of anilines is 1. The number of hydrogen-bond acceptors (Lipinski definition) is 5. The monoisotopic (exact) mass is 374 g/mol. The number of hydrogen-bond donors (Lipinski definition) is 1. The predicted octanol–water partition coefficient (Wildman–Crippen LogP) is 3.60. The van der Waals surface area contributed by atoms with Crippen LogP contribution < -0.4 is 10.2 Å². The van der Waals surface area contributed by atoms with Crippen LogP contribution in [0, 0.1) is 5.92 Å². The number of fused-ring (bicyclic) bond motifs is 1. The third-order valence-corrected chi connectivity index (χ3v) is 6.38. The van der Waals surface area contributed by atoms with Crippen LogP contribution in [0.4, 0.5) is 5.13 Å². The van der Waals surface area contributed by atoms with Crippen LogP contribution in [0.3, 0.4) is 0 Å². The molecule has 0 bridgehead atoms. The van der Waals surface area contributed by atoms with Gasteiger partial charge in [-0.15, -0.1) is 0 Å². The average molecular weight is 375 g/mol. The Balaban J connectivity index is 1.64. The maximum atomic E-state index is 12.4. The molecule has 0 spiro atoms. The summed E-state index contributed by atoms with van der Waals surface area (Å²) in [5.41, 5.74) is 1.71. The molecule has 1 N–H and O–H groups in total. The van der Waals surface area contributed by atoms with Crippen molar-refractivity contribution < 1.29 is 4.79 Å². The summed E-state index contributed by atoms with van der Waals surface area (Å²) in [6.45, 7) is 12.4. The fraction of sp³-hybridized carbons (Fsp3) is 0.600. The van der Waals surface area contributed by atoms with Crippen LogP contribution in [-0.2, 0) is 0 Å². The van der Waals surface area contributed by atoms with E-state index < -0.39 is 0 Å². The summed E-state index contributed by atoms with van der Waals surface area (Å²) in [7, 11) is 0. The van der Waals surface area contributed by atoms with Crippen LogP contribution in [0.25, 0.3) is 10.2 Å². The van der Waals surface area contributed by atoms with Crippen molar-refractivity contribution in [3.8, 4) is 0 Å². The predicted molar refractivity (Wildman–Crippen MR) is 110 cm³/mol. The Kier molecular flexibility index (Phi) is 6.48. The first kappa shape index (κ1) is 19.1. The number of carbonyl (C=O) groups is 1. The highest BCUT2D eigenvalue weighted by Crippen LogP contribution is 2.31. The van der Waals surface area contributed by atoms with E-state index in [4.69, 9.17) is 4.98 Å². The second kappa shape index (κ2) is 8.82. The largest absolute Gasteiger partial charge is 0.351 e. The molecule has 6 heteroatoms. The van der Waals surface area contributed by atoms with Crippen molar-refractivity contribution >= 4 is 32.6 Å². The van der Waals surface area contributed by atoms with E-state index in [2.05, 4.69) is 35.9 Å². The summed E-state index contributed by atoms with van der Waals surface area (Å²) in [4.78, 5) is 21.9. The summed E-state index contributed by atoms with van der Waals surface area (Å²) in [5.74, 6) is 0.813. The van der Waals surface area contributed by atoms with E-state index >= 15 is 0 Å². The van der Waals surface area contributed by atoms with E-state index in [1.807, 2.05) is 18.2 Å². The Bertz CT molecular complexity index is 732. The van der Waals surface area contributed by atoms with E-state index in [0.29, 0.717) is 6.54 Å². The molecule has 1 aromatic carbocycles. The molecule has 1 fully saturated rings. The summed E-state index contributed by atoms with van der Waals surface area (Å²) >= 11 is 1.70. The molecule has 0 aliphatic carbocycles. The Morgan fingerprint density at radius 1 is 1.31 bits per heavy atom. The van der Waals surface area contributed by atoms with Gasteiger partial charge in [-0.3, -0.25) is 4.79 Å². The maximum absolute atomic E-state index is 12.4. The SMILES string of the molecule is CCN(CC)CCNC(=O)c1ccc2nc(N3CCC(C)CC3)sc2c1.